The quantitative estimate of drug-likeness (QED) is 0.872. The summed E-state index contributed by atoms with van der Waals surface area (Å²) in [4.78, 5) is 11.7. The fourth-order valence-corrected chi connectivity index (χ4v) is 3.19. The van der Waals surface area contributed by atoms with Crippen LogP contribution in [0.2, 0.25) is 0 Å². The Bertz CT molecular complexity index is 857. The second-order valence-corrected chi connectivity index (χ2v) is 7.06. The summed E-state index contributed by atoms with van der Waals surface area (Å²) in [6, 6.07) is 9.69. The Morgan fingerprint density at radius 2 is 1.61 bits per heavy atom. The SMILES string of the molecule is COC(=O)c1cc(S(=O)(=O)Nc2ccc(C)c(C)c2)ccc1C. The van der Waals surface area contributed by atoms with E-state index in [1.807, 2.05) is 19.9 Å². The van der Waals surface area contributed by atoms with Gasteiger partial charge >= 0.3 is 5.97 Å². The zero-order valence-corrected chi connectivity index (χ0v) is 14.3. The molecule has 0 saturated heterocycles. The minimum absolute atomic E-state index is 0.0155. The molecule has 0 fully saturated rings. The van der Waals surface area contributed by atoms with Gasteiger partial charge in [0.1, 0.15) is 0 Å². The predicted octanol–water partition coefficient (Wildman–Crippen LogP) is 3.20. The molecule has 0 bridgehead atoms. The zero-order chi connectivity index (χ0) is 17.2. The summed E-state index contributed by atoms with van der Waals surface area (Å²) in [5.41, 5.74) is 3.44. The van der Waals surface area contributed by atoms with Crippen molar-refractivity contribution in [2.45, 2.75) is 25.7 Å². The number of carbonyl (C=O) groups excluding carboxylic acids is 1. The van der Waals surface area contributed by atoms with E-state index in [1.165, 1.54) is 19.2 Å². The van der Waals surface area contributed by atoms with Crippen molar-refractivity contribution in [3.05, 3.63) is 58.7 Å². The number of nitrogens with one attached hydrogen (secondary N) is 1. The summed E-state index contributed by atoms with van der Waals surface area (Å²) in [6.45, 7) is 5.59. The summed E-state index contributed by atoms with van der Waals surface area (Å²) in [5.74, 6) is -0.564. The smallest absolute Gasteiger partial charge is 0.338 e. The van der Waals surface area contributed by atoms with Gasteiger partial charge in [-0.2, -0.15) is 0 Å². The van der Waals surface area contributed by atoms with Crippen LogP contribution in [-0.4, -0.2) is 21.5 Å². The molecule has 5 nitrogen and oxygen atoms in total. The van der Waals surface area contributed by atoms with Gasteiger partial charge in [0, 0.05) is 5.69 Å². The molecule has 6 heteroatoms. The first-order valence-corrected chi connectivity index (χ1v) is 8.52. The van der Waals surface area contributed by atoms with Crippen LogP contribution >= 0.6 is 0 Å². The number of hydrogen-bond donors (Lipinski definition) is 1. The van der Waals surface area contributed by atoms with Gasteiger partial charge in [-0.05, 0) is 61.7 Å². The van der Waals surface area contributed by atoms with E-state index < -0.39 is 16.0 Å². The van der Waals surface area contributed by atoms with Crippen LogP contribution in [0.5, 0.6) is 0 Å². The number of anilines is 1. The van der Waals surface area contributed by atoms with E-state index >= 15 is 0 Å². The lowest BCUT2D eigenvalue weighted by atomic mass is 10.1. The van der Waals surface area contributed by atoms with Gasteiger partial charge in [-0.1, -0.05) is 12.1 Å². The molecular formula is C17H19NO4S. The number of hydrogen-bond acceptors (Lipinski definition) is 4. The number of rotatable bonds is 4. The summed E-state index contributed by atoms with van der Waals surface area (Å²) < 4.78 is 32.2. The van der Waals surface area contributed by atoms with E-state index in [-0.39, 0.29) is 10.5 Å². The van der Waals surface area contributed by atoms with Crippen LogP contribution in [-0.2, 0) is 14.8 Å². The standard InChI is InChI=1S/C17H19NO4S/c1-11-5-7-14(9-13(11)3)18-23(20,21)15-8-6-12(2)16(10-15)17(19)22-4/h5-10,18H,1-4H3. The maximum atomic E-state index is 12.5. The number of carbonyl (C=O) groups is 1. The van der Waals surface area contributed by atoms with Crippen molar-refractivity contribution in [3.8, 4) is 0 Å². The first-order chi connectivity index (χ1) is 10.7. The molecule has 1 N–H and O–H groups in total. The molecule has 0 unspecified atom stereocenters. The first-order valence-electron chi connectivity index (χ1n) is 7.03. The average molecular weight is 333 g/mol. The molecule has 0 aliphatic rings. The summed E-state index contributed by atoms with van der Waals surface area (Å²) >= 11 is 0. The van der Waals surface area contributed by atoms with Gasteiger partial charge in [0.15, 0.2) is 0 Å². The predicted molar refractivity (Wildman–Crippen MR) is 89.2 cm³/mol. The maximum Gasteiger partial charge on any atom is 0.338 e. The second kappa shape index (κ2) is 6.42. The van der Waals surface area contributed by atoms with Crippen molar-refractivity contribution in [2.24, 2.45) is 0 Å². The number of ether oxygens (including phenoxy) is 1. The van der Waals surface area contributed by atoms with Gasteiger partial charge in [-0.15, -0.1) is 0 Å². The first kappa shape index (κ1) is 17.0. The van der Waals surface area contributed by atoms with Crippen molar-refractivity contribution < 1.29 is 17.9 Å². The van der Waals surface area contributed by atoms with Crippen molar-refractivity contribution in [1.82, 2.24) is 0 Å². The molecule has 0 spiro atoms. The topological polar surface area (TPSA) is 72.5 Å². The summed E-state index contributed by atoms with van der Waals surface area (Å²) in [7, 11) is -2.52. The largest absolute Gasteiger partial charge is 0.465 e. The lowest BCUT2D eigenvalue weighted by Crippen LogP contribution is -2.14. The molecule has 0 atom stereocenters. The monoisotopic (exact) mass is 333 g/mol. The molecule has 122 valence electrons. The van der Waals surface area contributed by atoms with Crippen molar-refractivity contribution in [1.29, 1.82) is 0 Å². The summed E-state index contributed by atoms with van der Waals surface area (Å²) in [5, 5.41) is 0. The Hall–Kier alpha value is -2.34. The molecule has 0 aliphatic heterocycles. The minimum atomic E-state index is -3.78. The molecule has 2 aromatic rings. The van der Waals surface area contributed by atoms with Gasteiger partial charge in [0.2, 0.25) is 0 Å². The van der Waals surface area contributed by atoms with E-state index in [9.17, 15) is 13.2 Å². The molecule has 23 heavy (non-hydrogen) atoms. The Labute approximate surface area is 136 Å². The van der Waals surface area contributed by atoms with Gasteiger partial charge in [0.25, 0.3) is 10.0 Å². The molecule has 2 aromatic carbocycles. The van der Waals surface area contributed by atoms with E-state index in [0.717, 1.165) is 11.1 Å². The third-order valence-electron chi connectivity index (χ3n) is 3.68. The van der Waals surface area contributed by atoms with Crippen molar-refractivity contribution >= 4 is 21.7 Å². The van der Waals surface area contributed by atoms with Crippen LogP contribution in [0, 0.1) is 20.8 Å². The number of aryl methyl sites for hydroxylation is 3. The van der Waals surface area contributed by atoms with Gasteiger partial charge in [-0.25, -0.2) is 13.2 Å². The highest BCUT2D eigenvalue weighted by Gasteiger charge is 2.18. The maximum absolute atomic E-state index is 12.5. The van der Waals surface area contributed by atoms with Gasteiger partial charge in [-0.3, -0.25) is 4.72 Å². The van der Waals surface area contributed by atoms with Crippen LogP contribution < -0.4 is 4.72 Å². The van der Waals surface area contributed by atoms with E-state index in [1.54, 1.807) is 25.1 Å². The molecule has 0 saturated carbocycles. The molecule has 2 rings (SSSR count). The molecule has 0 radical (unpaired) electrons. The number of sulfonamides is 1. The van der Waals surface area contributed by atoms with Crippen molar-refractivity contribution in [3.63, 3.8) is 0 Å². The lowest BCUT2D eigenvalue weighted by Gasteiger charge is -2.11. The van der Waals surface area contributed by atoms with E-state index in [0.29, 0.717) is 11.3 Å². The molecule has 0 aliphatic carbocycles. The lowest BCUT2D eigenvalue weighted by molar-refractivity contribution is 0.0599. The highest BCUT2D eigenvalue weighted by atomic mass is 32.2. The molecular weight excluding hydrogens is 314 g/mol. The number of benzene rings is 2. The number of methoxy groups -OCH3 is 1. The number of esters is 1. The van der Waals surface area contributed by atoms with Crippen LogP contribution in [0.3, 0.4) is 0 Å². The molecule has 0 aromatic heterocycles. The zero-order valence-electron chi connectivity index (χ0n) is 13.5. The second-order valence-electron chi connectivity index (χ2n) is 5.37. The van der Waals surface area contributed by atoms with Gasteiger partial charge in [0.05, 0.1) is 17.6 Å². The third-order valence-corrected chi connectivity index (χ3v) is 5.06. The highest BCUT2D eigenvalue weighted by Crippen LogP contribution is 2.21. The Balaban J connectivity index is 2.39. The van der Waals surface area contributed by atoms with Gasteiger partial charge < -0.3 is 4.74 Å². The molecule has 0 amide bonds. The third kappa shape index (κ3) is 3.71. The fourth-order valence-electron chi connectivity index (χ4n) is 2.12. The van der Waals surface area contributed by atoms with E-state index in [2.05, 4.69) is 9.46 Å². The average Bonchev–Trinajstić information content (AvgIpc) is 2.50. The van der Waals surface area contributed by atoms with E-state index in [4.69, 9.17) is 0 Å². The van der Waals surface area contributed by atoms with Crippen LogP contribution in [0.25, 0.3) is 0 Å². The summed E-state index contributed by atoms with van der Waals surface area (Å²) in [6.07, 6.45) is 0. The van der Waals surface area contributed by atoms with Crippen LogP contribution in [0.1, 0.15) is 27.0 Å². The highest BCUT2D eigenvalue weighted by molar-refractivity contribution is 7.92. The minimum Gasteiger partial charge on any atom is -0.465 e. The Morgan fingerprint density at radius 1 is 0.957 bits per heavy atom. The fraction of sp³-hybridized carbons (Fsp3) is 0.235. The van der Waals surface area contributed by atoms with Crippen molar-refractivity contribution in [2.75, 3.05) is 11.8 Å². The van der Waals surface area contributed by atoms with Crippen LogP contribution in [0.15, 0.2) is 41.3 Å². The van der Waals surface area contributed by atoms with Crippen LogP contribution in [0.4, 0.5) is 5.69 Å². The Kier molecular flexibility index (Phi) is 4.75. The molecule has 0 heterocycles. The normalized spacial score (nSPS) is 11.1. The Morgan fingerprint density at radius 3 is 2.22 bits per heavy atom.